The van der Waals surface area contributed by atoms with Gasteiger partial charge in [-0.2, -0.15) is 5.10 Å². The summed E-state index contributed by atoms with van der Waals surface area (Å²) >= 11 is 0. The zero-order valence-electron chi connectivity index (χ0n) is 14.8. The molecule has 0 bridgehead atoms. The van der Waals surface area contributed by atoms with Crippen molar-refractivity contribution in [3.05, 3.63) is 53.9 Å². The van der Waals surface area contributed by atoms with Crippen molar-refractivity contribution < 1.29 is 0 Å². The molecule has 1 aromatic heterocycles. The Labute approximate surface area is 167 Å². The van der Waals surface area contributed by atoms with Gasteiger partial charge in [0, 0.05) is 32.0 Å². The van der Waals surface area contributed by atoms with Gasteiger partial charge in [-0.1, -0.05) is 43.5 Å². The summed E-state index contributed by atoms with van der Waals surface area (Å²) in [5.41, 5.74) is 2.56. The molecule has 0 atom stereocenters. The zero-order chi connectivity index (χ0) is 16.6. The van der Waals surface area contributed by atoms with Crippen molar-refractivity contribution in [2.45, 2.75) is 51.2 Å². The summed E-state index contributed by atoms with van der Waals surface area (Å²) in [5, 5.41) is 11.3. The molecule has 0 aliphatic heterocycles. The van der Waals surface area contributed by atoms with Gasteiger partial charge in [-0.15, -0.1) is 24.0 Å². The van der Waals surface area contributed by atoms with Gasteiger partial charge in [-0.05, 0) is 30.0 Å². The maximum Gasteiger partial charge on any atom is 0.191 e. The Morgan fingerprint density at radius 1 is 1.16 bits per heavy atom. The summed E-state index contributed by atoms with van der Waals surface area (Å²) < 4.78 is 1.95. The molecule has 1 aliphatic rings. The predicted molar refractivity (Wildman–Crippen MR) is 113 cm³/mol. The van der Waals surface area contributed by atoms with E-state index in [4.69, 9.17) is 0 Å². The second kappa shape index (κ2) is 10.4. The molecule has 0 spiro atoms. The smallest absolute Gasteiger partial charge is 0.191 e. The Hall–Kier alpha value is -1.57. The number of rotatable bonds is 5. The number of nitrogens with zero attached hydrogens (tertiary/aromatic N) is 3. The molecule has 2 N–H and O–H groups in total. The zero-order valence-corrected chi connectivity index (χ0v) is 17.1. The molecule has 0 saturated heterocycles. The normalized spacial score (nSPS) is 15.5. The first-order chi connectivity index (χ1) is 11.8. The third-order valence-electron chi connectivity index (χ3n) is 4.63. The van der Waals surface area contributed by atoms with Crippen molar-refractivity contribution in [3.63, 3.8) is 0 Å². The van der Waals surface area contributed by atoms with Crippen LogP contribution in [0.4, 0.5) is 0 Å². The summed E-state index contributed by atoms with van der Waals surface area (Å²) in [7, 11) is 1.84. The molecule has 5 nitrogen and oxygen atoms in total. The monoisotopic (exact) mass is 453 g/mol. The molecule has 0 amide bonds. The number of aromatic nitrogens is 2. The fraction of sp³-hybridized carbons (Fsp3) is 0.474. The number of benzene rings is 1. The van der Waals surface area contributed by atoms with Gasteiger partial charge in [-0.3, -0.25) is 9.67 Å². The molecule has 1 heterocycles. The largest absolute Gasteiger partial charge is 0.354 e. The van der Waals surface area contributed by atoms with E-state index >= 15 is 0 Å². The second-order valence-electron chi connectivity index (χ2n) is 6.38. The van der Waals surface area contributed by atoms with E-state index < -0.39 is 0 Å². The highest BCUT2D eigenvalue weighted by molar-refractivity contribution is 14.0. The first kappa shape index (κ1) is 19.8. The maximum atomic E-state index is 4.38. The van der Waals surface area contributed by atoms with Crippen molar-refractivity contribution in [1.29, 1.82) is 0 Å². The van der Waals surface area contributed by atoms with E-state index in [1.165, 1.54) is 43.2 Å². The minimum Gasteiger partial charge on any atom is -0.354 e. The third kappa shape index (κ3) is 6.02. The van der Waals surface area contributed by atoms with Crippen LogP contribution in [0, 0.1) is 0 Å². The number of hydrogen-bond acceptors (Lipinski definition) is 2. The predicted octanol–water partition coefficient (Wildman–Crippen LogP) is 3.55. The molecule has 136 valence electrons. The quantitative estimate of drug-likeness (QED) is 0.414. The van der Waals surface area contributed by atoms with Gasteiger partial charge in [0.2, 0.25) is 0 Å². The van der Waals surface area contributed by atoms with Crippen LogP contribution < -0.4 is 10.6 Å². The molecular formula is C19H28IN5. The number of hydrogen-bond donors (Lipinski definition) is 2. The van der Waals surface area contributed by atoms with Crippen molar-refractivity contribution >= 4 is 29.9 Å². The lowest BCUT2D eigenvalue weighted by atomic mass is 9.96. The van der Waals surface area contributed by atoms with Crippen molar-refractivity contribution in [1.82, 2.24) is 20.4 Å². The molecule has 1 fully saturated rings. The van der Waals surface area contributed by atoms with Crippen molar-refractivity contribution in [2.75, 3.05) is 7.05 Å². The molecule has 0 unspecified atom stereocenters. The Bertz CT molecular complexity index is 648. The molecule has 1 saturated carbocycles. The lowest BCUT2D eigenvalue weighted by Crippen LogP contribution is -2.43. The van der Waals surface area contributed by atoms with Crippen LogP contribution >= 0.6 is 24.0 Å². The highest BCUT2D eigenvalue weighted by Crippen LogP contribution is 2.17. The van der Waals surface area contributed by atoms with Gasteiger partial charge < -0.3 is 10.6 Å². The van der Waals surface area contributed by atoms with Gasteiger partial charge in [0.15, 0.2) is 5.96 Å². The Morgan fingerprint density at radius 3 is 2.60 bits per heavy atom. The molecule has 0 radical (unpaired) electrons. The van der Waals surface area contributed by atoms with Crippen LogP contribution in [0.15, 0.2) is 47.7 Å². The summed E-state index contributed by atoms with van der Waals surface area (Å²) in [6.45, 7) is 1.56. The van der Waals surface area contributed by atoms with Crippen LogP contribution in [0.5, 0.6) is 0 Å². The van der Waals surface area contributed by atoms with E-state index in [1.807, 2.05) is 30.2 Å². The molecule has 3 rings (SSSR count). The lowest BCUT2D eigenvalue weighted by Gasteiger charge is -2.25. The van der Waals surface area contributed by atoms with Gasteiger partial charge in [0.05, 0.1) is 6.54 Å². The summed E-state index contributed by atoms with van der Waals surface area (Å²) in [6.07, 6.45) is 10.3. The van der Waals surface area contributed by atoms with E-state index in [9.17, 15) is 0 Å². The SMILES string of the molecule is CN=C(NCc1ccccc1Cn1cccn1)NC1CCCCC1.I. The molecular weight excluding hydrogens is 425 g/mol. The number of halogens is 1. The Kier molecular flexibility index (Phi) is 8.24. The van der Waals surface area contributed by atoms with Gasteiger partial charge in [0.1, 0.15) is 0 Å². The van der Waals surface area contributed by atoms with Crippen LogP contribution in [-0.2, 0) is 13.1 Å². The Morgan fingerprint density at radius 2 is 1.92 bits per heavy atom. The summed E-state index contributed by atoms with van der Waals surface area (Å²) in [5.74, 6) is 0.899. The third-order valence-corrected chi connectivity index (χ3v) is 4.63. The number of aliphatic imine (C=N–C) groups is 1. The highest BCUT2D eigenvalue weighted by atomic mass is 127. The minimum atomic E-state index is 0. The standard InChI is InChI=1S/C19H27N5.HI/c1-20-19(23-18-10-3-2-4-11-18)21-14-16-8-5-6-9-17(16)15-24-13-7-12-22-24;/h5-9,12-13,18H,2-4,10-11,14-15H2,1H3,(H2,20,21,23);1H. The summed E-state index contributed by atoms with van der Waals surface area (Å²) in [4.78, 5) is 4.38. The van der Waals surface area contributed by atoms with Crippen molar-refractivity contribution in [2.24, 2.45) is 4.99 Å². The average Bonchev–Trinajstić information content (AvgIpc) is 3.13. The van der Waals surface area contributed by atoms with E-state index in [2.05, 4.69) is 45.0 Å². The second-order valence-corrected chi connectivity index (χ2v) is 6.38. The van der Waals surface area contributed by atoms with Crippen LogP contribution in [-0.4, -0.2) is 28.8 Å². The fourth-order valence-electron chi connectivity index (χ4n) is 3.27. The first-order valence-corrected chi connectivity index (χ1v) is 8.86. The van der Waals surface area contributed by atoms with Gasteiger partial charge >= 0.3 is 0 Å². The molecule has 25 heavy (non-hydrogen) atoms. The van der Waals surface area contributed by atoms with Crippen LogP contribution in [0.25, 0.3) is 0 Å². The van der Waals surface area contributed by atoms with E-state index in [0.717, 1.165) is 19.0 Å². The highest BCUT2D eigenvalue weighted by Gasteiger charge is 2.14. The summed E-state index contributed by atoms with van der Waals surface area (Å²) in [6, 6.07) is 11.0. The molecule has 1 aliphatic carbocycles. The molecule has 2 aromatic rings. The minimum absolute atomic E-state index is 0. The molecule has 6 heteroatoms. The topological polar surface area (TPSA) is 54.2 Å². The van der Waals surface area contributed by atoms with Gasteiger partial charge in [-0.25, -0.2) is 0 Å². The van der Waals surface area contributed by atoms with E-state index in [-0.39, 0.29) is 24.0 Å². The number of nitrogens with one attached hydrogen (secondary N) is 2. The first-order valence-electron chi connectivity index (χ1n) is 8.86. The molecule has 1 aromatic carbocycles. The lowest BCUT2D eigenvalue weighted by molar-refractivity contribution is 0.410. The van der Waals surface area contributed by atoms with Gasteiger partial charge in [0.25, 0.3) is 0 Å². The Balaban J connectivity index is 0.00000225. The van der Waals surface area contributed by atoms with E-state index in [1.54, 1.807) is 0 Å². The average molecular weight is 453 g/mol. The van der Waals surface area contributed by atoms with Crippen LogP contribution in [0.1, 0.15) is 43.2 Å². The maximum absolute atomic E-state index is 4.38. The number of guanidine groups is 1. The van der Waals surface area contributed by atoms with Crippen LogP contribution in [0.2, 0.25) is 0 Å². The van der Waals surface area contributed by atoms with Crippen LogP contribution in [0.3, 0.4) is 0 Å². The fourth-order valence-corrected chi connectivity index (χ4v) is 3.27. The van der Waals surface area contributed by atoms with Crippen molar-refractivity contribution in [3.8, 4) is 0 Å². The van der Waals surface area contributed by atoms with E-state index in [0.29, 0.717) is 6.04 Å².